The lowest BCUT2D eigenvalue weighted by Gasteiger charge is -2.18. The van der Waals surface area contributed by atoms with Crippen molar-refractivity contribution in [1.29, 1.82) is 0 Å². The highest BCUT2D eigenvalue weighted by Crippen LogP contribution is 1.90. The highest BCUT2D eigenvalue weighted by Gasteiger charge is 2.05. The molecule has 0 aromatic heterocycles. The summed E-state index contributed by atoms with van der Waals surface area (Å²) in [4.78, 5) is 12.3. The predicted octanol–water partition coefficient (Wildman–Crippen LogP) is 0.202. The third-order valence-electron chi connectivity index (χ3n) is 1.57. The number of carbonyl (C=O) groups is 1. The summed E-state index contributed by atoms with van der Waals surface area (Å²) in [5.74, 6) is 0.0731. The molecule has 0 rings (SSSR count). The number of hydrogen-bond donors (Lipinski definition) is 1. The lowest BCUT2D eigenvalue weighted by molar-refractivity contribution is -0.127. The first-order valence-electron chi connectivity index (χ1n) is 3.55. The Labute approximate surface area is 62.2 Å². The van der Waals surface area contributed by atoms with Gasteiger partial charge in [0, 0.05) is 26.6 Å². The summed E-state index contributed by atoms with van der Waals surface area (Å²) >= 11 is 0. The Morgan fingerprint density at radius 3 is 2.50 bits per heavy atom. The van der Waals surface area contributed by atoms with Gasteiger partial charge in [0.25, 0.3) is 0 Å². The fraction of sp³-hybridized carbons (Fsp3) is 0.857. The number of carbonyl (C=O) groups excluding carboxylic acids is 1. The summed E-state index contributed by atoms with van der Waals surface area (Å²) in [6, 6.07) is 0.119. The Balaban J connectivity index is 3.56. The molecule has 0 aliphatic heterocycles. The van der Waals surface area contributed by atoms with Crippen LogP contribution in [0.5, 0.6) is 0 Å². The van der Waals surface area contributed by atoms with Gasteiger partial charge >= 0.3 is 0 Å². The normalized spacial score (nSPS) is 12.8. The molecule has 60 valence electrons. The molecule has 3 nitrogen and oxygen atoms in total. The Bertz CT molecular complexity index is 114. The number of nitrogens with zero attached hydrogens (tertiary/aromatic N) is 1. The molecule has 0 bridgehead atoms. The first kappa shape index (κ1) is 9.43. The minimum absolute atomic E-state index is 0.0731. The van der Waals surface area contributed by atoms with Crippen molar-refractivity contribution in [1.82, 2.24) is 4.90 Å². The van der Waals surface area contributed by atoms with Crippen molar-refractivity contribution in [2.24, 2.45) is 5.73 Å². The quantitative estimate of drug-likeness (QED) is 0.615. The van der Waals surface area contributed by atoms with E-state index in [1.54, 1.807) is 18.9 Å². The summed E-state index contributed by atoms with van der Waals surface area (Å²) in [5.41, 5.74) is 5.62. The second kappa shape index (κ2) is 4.28. The molecule has 0 heterocycles. The monoisotopic (exact) mass is 144 g/mol. The summed E-state index contributed by atoms with van der Waals surface area (Å²) in [6.45, 7) is 4.22. The van der Waals surface area contributed by atoms with E-state index < -0.39 is 0 Å². The molecule has 0 fully saturated rings. The van der Waals surface area contributed by atoms with Gasteiger partial charge in [-0.05, 0) is 6.42 Å². The number of nitrogens with two attached hydrogens (primary N) is 1. The summed E-state index contributed by atoms with van der Waals surface area (Å²) < 4.78 is 0. The third kappa shape index (κ3) is 3.45. The fourth-order valence-electron chi connectivity index (χ4n) is 0.609. The lowest BCUT2D eigenvalue weighted by atomic mass is 10.2. The van der Waals surface area contributed by atoms with Gasteiger partial charge in [0.2, 0.25) is 5.91 Å². The predicted molar refractivity (Wildman–Crippen MR) is 41.6 cm³/mol. The second-order valence-electron chi connectivity index (χ2n) is 2.57. The highest BCUT2D eigenvalue weighted by molar-refractivity contribution is 5.72. The molecule has 10 heavy (non-hydrogen) atoms. The van der Waals surface area contributed by atoms with Crippen LogP contribution in [0.25, 0.3) is 0 Å². The first-order valence-corrected chi connectivity index (χ1v) is 3.55. The van der Waals surface area contributed by atoms with Crippen molar-refractivity contribution in [2.45, 2.75) is 26.3 Å². The highest BCUT2D eigenvalue weighted by atomic mass is 16.2. The van der Waals surface area contributed by atoms with Crippen LogP contribution in [0.3, 0.4) is 0 Å². The van der Waals surface area contributed by atoms with Gasteiger partial charge in [-0.2, -0.15) is 0 Å². The average molecular weight is 144 g/mol. The zero-order chi connectivity index (χ0) is 8.15. The maximum absolute atomic E-state index is 10.7. The van der Waals surface area contributed by atoms with Crippen molar-refractivity contribution in [3.8, 4) is 0 Å². The molecule has 0 aromatic carbocycles. The summed E-state index contributed by atoms with van der Waals surface area (Å²) in [7, 11) is 1.76. The van der Waals surface area contributed by atoms with Gasteiger partial charge in [-0.3, -0.25) is 4.79 Å². The molecule has 1 atom stereocenters. The minimum atomic E-state index is 0.0731. The second-order valence-corrected chi connectivity index (χ2v) is 2.57. The Morgan fingerprint density at radius 1 is 1.70 bits per heavy atom. The molecular weight excluding hydrogens is 128 g/mol. The van der Waals surface area contributed by atoms with Crippen molar-refractivity contribution in [2.75, 3.05) is 13.6 Å². The number of hydrogen-bond acceptors (Lipinski definition) is 2. The van der Waals surface area contributed by atoms with Crippen molar-refractivity contribution in [3.05, 3.63) is 0 Å². The van der Waals surface area contributed by atoms with Crippen LogP contribution >= 0.6 is 0 Å². The van der Waals surface area contributed by atoms with Crippen LogP contribution in [0, 0.1) is 0 Å². The molecule has 1 amide bonds. The van der Waals surface area contributed by atoms with Crippen LogP contribution in [0.2, 0.25) is 0 Å². The molecule has 0 radical (unpaired) electrons. The van der Waals surface area contributed by atoms with Crippen molar-refractivity contribution in [3.63, 3.8) is 0 Å². The van der Waals surface area contributed by atoms with Gasteiger partial charge in [-0.15, -0.1) is 0 Å². The van der Waals surface area contributed by atoms with E-state index >= 15 is 0 Å². The number of likely N-dealkylation sites (N-methyl/N-ethyl adjacent to an activating group) is 1. The number of rotatable bonds is 3. The summed E-state index contributed by atoms with van der Waals surface area (Å²) in [6.07, 6.45) is 0.914. The van der Waals surface area contributed by atoms with E-state index in [9.17, 15) is 4.79 Å². The largest absolute Gasteiger partial charge is 0.344 e. The molecule has 0 aliphatic rings. The molecule has 0 saturated carbocycles. The Hall–Kier alpha value is -0.570. The van der Waals surface area contributed by atoms with Gasteiger partial charge in [0.05, 0.1) is 0 Å². The molecular formula is C7H16N2O. The third-order valence-corrected chi connectivity index (χ3v) is 1.57. The minimum Gasteiger partial charge on any atom is -0.344 e. The maximum atomic E-state index is 10.7. The van der Waals surface area contributed by atoms with Gasteiger partial charge in [0.1, 0.15) is 0 Å². The molecule has 0 aromatic rings. The van der Waals surface area contributed by atoms with Gasteiger partial charge in [-0.1, -0.05) is 6.92 Å². The Kier molecular flexibility index (Phi) is 4.03. The van der Waals surface area contributed by atoms with Gasteiger partial charge in [0.15, 0.2) is 0 Å². The fourth-order valence-corrected chi connectivity index (χ4v) is 0.609. The topological polar surface area (TPSA) is 46.3 Å². The molecule has 0 spiro atoms. The zero-order valence-corrected chi connectivity index (χ0v) is 6.92. The van der Waals surface area contributed by atoms with Gasteiger partial charge < -0.3 is 10.6 Å². The van der Waals surface area contributed by atoms with E-state index in [4.69, 9.17) is 5.73 Å². The van der Waals surface area contributed by atoms with Crippen LogP contribution in [0.4, 0.5) is 0 Å². The first-order chi connectivity index (χ1) is 4.57. The average Bonchev–Trinajstić information content (AvgIpc) is 1.87. The smallest absolute Gasteiger partial charge is 0.219 e. The van der Waals surface area contributed by atoms with Crippen LogP contribution in [0.15, 0.2) is 0 Å². The zero-order valence-electron chi connectivity index (χ0n) is 6.92. The molecule has 0 aliphatic carbocycles. The van der Waals surface area contributed by atoms with Crippen molar-refractivity contribution < 1.29 is 4.79 Å². The van der Waals surface area contributed by atoms with E-state index in [0.29, 0.717) is 6.54 Å². The maximum Gasteiger partial charge on any atom is 0.219 e. The van der Waals surface area contributed by atoms with E-state index in [1.165, 1.54) is 0 Å². The van der Waals surface area contributed by atoms with E-state index in [2.05, 4.69) is 0 Å². The van der Waals surface area contributed by atoms with E-state index in [1.807, 2.05) is 6.92 Å². The molecule has 3 heteroatoms. The van der Waals surface area contributed by atoms with Gasteiger partial charge in [-0.25, -0.2) is 0 Å². The SMILES string of the molecule is CCC(N)CN(C)C(C)=O. The van der Waals surface area contributed by atoms with E-state index in [-0.39, 0.29) is 11.9 Å². The molecule has 1 unspecified atom stereocenters. The molecule has 0 saturated heterocycles. The van der Waals surface area contributed by atoms with Crippen LogP contribution in [-0.4, -0.2) is 30.4 Å². The van der Waals surface area contributed by atoms with Crippen LogP contribution in [-0.2, 0) is 4.79 Å². The van der Waals surface area contributed by atoms with Crippen molar-refractivity contribution >= 4 is 5.91 Å². The summed E-state index contributed by atoms with van der Waals surface area (Å²) in [5, 5.41) is 0. The molecule has 2 N–H and O–H groups in total. The number of amides is 1. The van der Waals surface area contributed by atoms with Crippen LogP contribution in [0.1, 0.15) is 20.3 Å². The van der Waals surface area contributed by atoms with E-state index in [0.717, 1.165) is 6.42 Å². The van der Waals surface area contributed by atoms with Crippen LogP contribution < -0.4 is 5.73 Å². The lowest BCUT2D eigenvalue weighted by Crippen LogP contribution is -2.37. The standard InChI is InChI=1S/C7H16N2O/c1-4-7(8)5-9(3)6(2)10/h7H,4-5,8H2,1-3H3. The Morgan fingerprint density at radius 2 is 2.20 bits per heavy atom.